The van der Waals surface area contributed by atoms with Crippen molar-refractivity contribution < 1.29 is 0 Å². The van der Waals surface area contributed by atoms with Crippen molar-refractivity contribution in [1.29, 1.82) is 5.26 Å². The molecule has 0 spiro atoms. The van der Waals surface area contributed by atoms with Gasteiger partial charge in [0.05, 0.1) is 6.07 Å². The summed E-state index contributed by atoms with van der Waals surface area (Å²) in [4.78, 5) is 2.14. The van der Waals surface area contributed by atoms with E-state index in [9.17, 15) is 0 Å². The molecule has 0 unspecified atom stereocenters. The first-order chi connectivity index (χ1) is 5.09. The lowest BCUT2D eigenvalue weighted by atomic mass is 10.2. The minimum atomic E-state index is 0.458. The van der Waals surface area contributed by atoms with Crippen molar-refractivity contribution in [2.24, 2.45) is 0 Å². The van der Waals surface area contributed by atoms with Gasteiger partial charge in [0.25, 0.3) is 0 Å². The summed E-state index contributed by atoms with van der Waals surface area (Å²) in [7, 11) is 0. The normalized spacial score (nSPS) is 11.0. The zero-order chi connectivity index (χ0) is 8.85. The monoisotopic (exact) mass is 152 g/mol. The van der Waals surface area contributed by atoms with Gasteiger partial charge in [-0.2, -0.15) is 5.26 Å². The number of hydrogen-bond donors (Lipinski definition) is 0. The molecule has 11 heavy (non-hydrogen) atoms. The second kappa shape index (κ2) is 4.79. The molecule has 0 saturated heterocycles. The maximum Gasteiger partial charge on any atom is 0.0927 e. The van der Waals surface area contributed by atoms with E-state index >= 15 is 0 Å². The Kier molecular flexibility index (Phi) is 4.36. The molecule has 0 N–H and O–H groups in total. The van der Waals surface area contributed by atoms with Gasteiger partial charge in [-0.25, -0.2) is 0 Å². The van der Waals surface area contributed by atoms with Crippen LogP contribution >= 0.6 is 0 Å². The van der Waals surface area contributed by atoms with Crippen LogP contribution in [0.15, 0.2) is 12.3 Å². The SMILES string of the molecule is CC(C)N(/C=C/C#N)C(C)C. The predicted molar refractivity (Wildman–Crippen MR) is 46.9 cm³/mol. The smallest absolute Gasteiger partial charge is 0.0927 e. The zero-order valence-corrected chi connectivity index (χ0v) is 7.70. The Labute approximate surface area is 69.1 Å². The van der Waals surface area contributed by atoms with Gasteiger partial charge in [-0.1, -0.05) is 0 Å². The first-order valence-electron chi connectivity index (χ1n) is 3.93. The predicted octanol–water partition coefficient (Wildman–Crippen LogP) is 2.14. The van der Waals surface area contributed by atoms with Crippen LogP contribution in [-0.2, 0) is 0 Å². The fourth-order valence-electron chi connectivity index (χ4n) is 1.06. The van der Waals surface area contributed by atoms with E-state index in [1.54, 1.807) is 0 Å². The largest absolute Gasteiger partial charge is 0.372 e. The highest BCUT2D eigenvalue weighted by Gasteiger charge is 2.06. The molecule has 0 rings (SSSR count). The summed E-state index contributed by atoms with van der Waals surface area (Å²) in [6.45, 7) is 8.45. The maximum atomic E-state index is 8.32. The van der Waals surface area contributed by atoms with E-state index in [0.29, 0.717) is 12.1 Å². The molecule has 0 aliphatic rings. The lowest BCUT2D eigenvalue weighted by Gasteiger charge is -2.28. The van der Waals surface area contributed by atoms with E-state index in [1.165, 1.54) is 6.08 Å². The summed E-state index contributed by atoms with van der Waals surface area (Å²) in [5.41, 5.74) is 0. The third-order valence-electron chi connectivity index (χ3n) is 1.51. The molecular formula is C9H16N2. The van der Waals surface area contributed by atoms with Crippen LogP contribution in [0.25, 0.3) is 0 Å². The fraction of sp³-hybridized carbons (Fsp3) is 0.667. The van der Waals surface area contributed by atoms with Gasteiger partial charge < -0.3 is 4.90 Å². The van der Waals surface area contributed by atoms with Gasteiger partial charge in [0.15, 0.2) is 0 Å². The van der Waals surface area contributed by atoms with E-state index in [-0.39, 0.29) is 0 Å². The van der Waals surface area contributed by atoms with Gasteiger partial charge in [-0.05, 0) is 27.7 Å². The van der Waals surface area contributed by atoms with Gasteiger partial charge in [0.1, 0.15) is 0 Å². The van der Waals surface area contributed by atoms with Crippen LogP contribution in [0.1, 0.15) is 27.7 Å². The Morgan fingerprint density at radius 2 is 1.64 bits per heavy atom. The second-order valence-corrected chi connectivity index (χ2v) is 3.08. The van der Waals surface area contributed by atoms with Crippen molar-refractivity contribution in [3.63, 3.8) is 0 Å². The molecule has 0 aliphatic heterocycles. The van der Waals surface area contributed by atoms with E-state index < -0.39 is 0 Å². The van der Waals surface area contributed by atoms with E-state index in [1.807, 2.05) is 12.3 Å². The average molecular weight is 152 g/mol. The quantitative estimate of drug-likeness (QED) is 0.579. The first-order valence-corrected chi connectivity index (χ1v) is 3.93. The molecule has 2 heteroatoms. The van der Waals surface area contributed by atoms with Gasteiger partial charge in [-0.3, -0.25) is 0 Å². The zero-order valence-electron chi connectivity index (χ0n) is 7.70. The number of nitrogens with zero attached hydrogens (tertiary/aromatic N) is 2. The number of rotatable bonds is 3. The molecule has 0 saturated carbocycles. The standard InChI is InChI=1S/C9H16N2/c1-8(2)11(9(3)4)7-5-6-10/h5,7-9H,1-4H3/b7-5+. The number of hydrogen-bond acceptors (Lipinski definition) is 2. The Balaban J connectivity index is 4.14. The lowest BCUT2D eigenvalue weighted by Crippen LogP contribution is -2.31. The summed E-state index contributed by atoms with van der Waals surface area (Å²) in [5.74, 6) is 0. The highest BCUT2D eigenvalue weighted by atomic mass is 15.1. The van der Waals surface area contributed by atoms with Gasteiger partial charge >= 0.3 is 0 Å². The molecule has 0 fully saturated rings. The topological polar surface area (TPSA) is 27.0 Å². The van der Waals surface area contributed by atoms with Crippen LogP contribution in [0.4, 0.5) is 0 Å². The van der Waals surface area contributed by atoms with E-state index in [2.05, 4.69) is 32.6 Å². The Bertz CT molecular complexity index is 155. The van der Waals surface area contributed by atoms with Crippen molar-refractivity contribution in [3.8, 4) is 6.07 Å². The van der Waals surface area contributed by atoms with Gasteiger partial charge in [0.2, 0.25) is 0 Å². The number of nitriles is 1. The molecule has 0 aliphatic carbocycles. The first kappa shape index (κ1) is 10.0. The summed E-state index contributed by atoms with van der Waals surface area (Å²) in [5, 5.41) is 8.32. The van der Waals surface area contributed by atoms with Crippen LogP contribution in [0.3, 0.4) is 0 Å². The van der Waals surface area contributed by atoms with Crippen LogP contribution in [-0.4, -0.2) is 17.0 Å². The molecule has 2 nitrogen and oxygen atoms in total. The molecule has 62 valence electrons. The van der Waals surface area contributed by atoms with Gasteiger partial charge in [-0.15, -0.1) is 0 Å². The van der Waals surface area contributed by atoms with Crippen molar-refractivity contribution in [1.82, 2.24) is 4.90 Å². The van der Waals surface area contributed by atoms with Crippen LogP contribution in [0.5, 0.6) is 0 Å². The highest BCUT2D eigenvalue weighted by Crippen LogP contribution is 2.04. The van der Waals surface area contributed by atoms with E-state index in [0.717, 1.165) is 0 Å². The molecule has 0 aromatic carbocycles. The minimum absolute atomic E-state index is 0.458. The lowest BCUT2D eigenvalue weighted by molar-refractivity contribution is 0.256. The summed E-state index contributed by atoms with van der Waals surface area (Å²) < 4.78 is 0. The Hall–Kier alpha value is -0.970. The average Bonchev–Trinajstić information content (AvgIpc) is 1.87. The molecule has 0 aromatic heterocycles. The Morgan fingerprint density at radius 3 is 1.91 bits per heavy atom. The van der Waals surface area contributed by atoms with E-state index in [4.69, 9.17) is 5.26 Å². The maximum absolute atomic E-state index is 8.32. The third-order valence-corrected chi connectivity index (χ3v) is 1.51. The second-order valence-electron chi connectivity index (χ2n) is 3.08. The van der Waals surface area contributed by atoms with Crippen molar-refractivity contribution in [2.75, 3.05) is 0 Å². The molecule has 0 bridgehead atoms. The molecule has 0 radical (unpaired) electrons. The highest BCUT2D eigenvalue weighted by molar-refractivity contribution is 5.02. The Morgan fingerprint density at radius 1 is 1.18 bits per heavy atom. The third kappa shape index (κ3) is 3.67. The van der Waals surface area contributed by atoms with Crippen LogP contribution in [0.2, 0.25) is 0 Å². The van der Waals surface area contributed by atoms with Crippen molar-refractivity contribution >= 4 is 0 Å². The summed E-state index contributed by atoms with van der Waals surface area (Å²) in [6, 6.07) is 2.90. The molecular weight excluding hydrogens is 136 g/mol. The molecule has 0 aromatic rings. The molecule has 0 atom stereocenters. The molecule has 0 amide bonds. The van der Waals surface area contributed by atoms with Crippen LogP contribution in [0, 0.1) is 11.3 Å². The fourth-order valence-corrected chi connectivity index (χ4v) is 1.06. The summed E-state index contributed by atoms with van der Waals surface area (Å²) >= 11 is 0. The number of allylic oxidation sites excluding steroid dienone is 1. The van der Waals surface area contributed by atoms with Crippen LogP contribution < -0.4 is 0 Å². The van der Waals surface area contributed by atoms with Crippen molar-refractivity contribution in [3.05, 3.63) is 12.3 Å². The minimum Gasteiger partial charge on any atom is -0.372 e. The molecule has 0 heterocycles. The summed E-state index contributed by atoms with van der Waals surface area (Å²) in [6.07, 6.45) is 3.36. The van der Waals surface area contributed by atoms with Gasteiger partial charge in [0, 0.05) is 24.4 Å². The van der Waals surface area contributed by atoms with Crippen molar-refractivity contribution in [2.45, 2.75) is 39.8 Å².